The van der Waals surface area contributed by atoms with Crippen LogP contribution in [0.2, 0.25) is 0 Å². The summed E-state index contributed by atoms with van der Waals surface area (Å²) in [6, 6.07) is 20.1. The largest absolute Gasteiger partial charge is 0.478 e. The molecule has 0 saturated heterocycles. The molecule has 2 heterocycles. The molecule has 22 heteroatoms. The number of hydrogen-bond donors (Lipinski definition) is 5. The molecular formula is C50H46F4N6O10S2. The lowest BCUT2D eigenvalue weighted by Crippen LogP contribution is -2.28. The van der Waals surface area contributed by atoms with E-state index >= 15 is 0 Å². The van der Waals surface area contributed by atoms with Crippen LogP contribution in [0.25, 0.3) is 0 Å². The molecule has 2 aliphatic rings. The average molecular weight is 1030 g/mol. The van der Waals surface area contributed by atoms with Crippen LogP contribution >= 0.6 is 0 Å². The fourth-order valence-electron chi connectivity index (χ4n) is 6.88. The van der Waals surface area contributed by atoms with Crippen LogP contribution < -0.4 is 21.3 Å². The van der Waals surface area contributed by atoms with Crippen molar-refractivity contribution in [3.8, 4) is 0 Å². The summed E-state index contributed by atoms with van der Waals surface area (Å²) in [5.74, 6) is -6.32. The Balaban J connectivity index is 0.000000213. The second-order valence-electron chi connectivity index (χ2n) is 17.7. The van der Waals surface area contributed by atoms with Crippen molar-refractivity contribution in [2.45, 2.75) is 84.4 Å². The number of pyridine rings is 2. The van der Waals surface area contributed by atoms with Gasteiger partial charge < -0.3 is 31.1 Å². The van der Waals surface area contributed by atoms with Crippen LogP contribution in [0.1, 0.15) is 90.4 Å². The highest BCUT2D eigenvalue weighted by Crippen LogP contribution is 2.36. The zero-order valence-corrected chi connectivity index (χ0v) is 40.2. The number of aromatic nitrogens is 2. The van der Waals surface area contributed by atoms with E-state index in [9.17, 15) is 53.6 Å². The van der Waals surface area contributed by atoms with Crippen LogP contribution in [0.15, 0.2) is 131 Å². The maximum Gasteiger partial charge on any atom is 0.340 e. The summed E-state index contributed by atoms with van der Waals surface area (Å²) >= 11 is 0. The van der Waals surface area contributed by atoms with Crippen molar-refractivity contribution in [1.29, 1.82) is 0 Å². The van der Waals surface area contributed by atoms with Crippen molar-refractivity contribution < 1.29 is 63.4 Å². The molecule has 8 rings (SSSR count). The van der Waals surface area contributed by atoms with Crippen molar-refractivity contribution in [3.05, 3.63) is 167 Å². The Hall–Kier alpha value is -7.72. The van der Waals surface area contributed by atoms with E-state index in [2.05, 4.69) is 31.2 Å². The molecule has 5 N–H and O–H groups in total. The molecule has 0 bridgehead atoms. The summed E-state index contributed by atoms with van der Waals surface area (Å²) in [5, 5.41) is 18.8. The SMILES string of the molecule is CC(C)(C)OC(=O)c1ccc(NC(=O)C(Nc2ccc(F)cc2F)c2ccc(S(=O)(=O)C3CC3)cc2)nc1.O=C(O)c1ccc(NC(=O)C(Nc2ccc(F)cc2F)c2ccc(S(=O)(=O)C3CC3)cc2)nc1. The Labute approximate surface area is 411 Å². The third-order valence-corrected chi connectivity index (χ3v) is 15.5. The van der Waals surface area contributed by atoms with Crippen molar-refractivity contribution in [3.63, 3.8) is 0 Å². The molecule has 6 aromatic rings. The first-order chi connectivity index (χ1) is 34.0. The van der Waals surface area contributed by atoms with Crippen molar-refractivity contribution in [2.75, 3.05) is 21.3 Å². The molecular weight excluding hydrogens is 985 g/mol. The molecule has 72 heavy (non-hydrogen) atoms. The Kier molecular flexibility index (Phi) is 15.4. The van der Waals surface area contributed by atoms with Crippen LogP contribution in [0.5, 0.6) is 0 Å². The molecule has 2 amide bonds. The van der Waals surface area contributed by atoms with Gasteiger partial charge in [0.1, 0.15) is 52.6 Å². The normalized spacial score (nSPS) is 14.4. The number of halogens is 4. The number of benzene rings is 4. The number of carbonyl (C=O) groups is 4. The van der Waals surface area contributed by atoms with Crippen LogP contribution in [-0.2, 0) is 34.0 Å². The van der Waals surface area contributed by atoms with Crippen LogP contribution in [0, 0.1) is 23.3 Å². The van der Waals surface area contributed by atoms with Gasteiger partial charge in [-0.1, -0.05) is 24.3 Å². The molecule has 2 unspecified atom stereocenters. The number of anilines is 4. The Morgan fingerprint density at radius 3 is 1.29 bits per heavy atom. The molecule has 2 atom stereocenters. The molecule has 2 aliphatic carbocycles. The van der Waals surface area contributed by atoms with Crippen molar-refractivity contribution in [1.82, 2.24) is 9.97 Å². The highest BCUT2D eigenvalue weighted by atomic mass is 32.2. The van der Waals surface area contributed by atoms with Gasteiger partial charge in [-0.25, -0.2) is 54.0 Å². The Morgan fingerprint density at radius 2 is 0.972 bits per heavy atom. The highest BCUT2D eigenvalue weighted by Gasteiger charge is 2.38. The number of aromatic carboxylic acids is 1. The molecule has 0 spiro atoms. The van der Waals surface area contributed by atoms with Crippen molar-refractivity contribution >= 4 is 66.4 Å². The lowest BCUT2D eigenvalue weighted by molar-refractivity contribution is -0.117. The van der Waals surface area contributed by atoms with E-state index in [1.807, 2.05) is 0 Å². The summed E-state index contributed by atoms with van der Waals surface area (Å²) in [5.41, 5.74) is -0.197. The summed E-state index contributed by atoms with van der Waals surface area (Å²) < 4.78 is 111. The van der Waals surface area contributed by atoms with Gasteiger partial charge in [0.15, 0.2) is 19.7 Å². The Bertz CT molecular complexity index is 3230. The number of carbonyl (C=O) groups excluding carboxylic acids is 3. The maximum absolute atomic E-state index is 14.4. The van der Waals surface area contributed by atoms with E-state index in [1.54, 1.807) is 20.8 Å². The molecule has 2 saturated carbocycles. The van der Waals surface area contributed by atoms with E-state index in [-0.39, 0.29) is 43.9 Å². The van der Waals surface area contributed by atoms with E-state index < -0.39 is 94.9 Å². The van der Waals surface area contributed by atoms with Crippen LogP contribution in [0.4, 0.5) is 40.6 Å². The molecule has 376 valence electrons. The van der Waals surface area contributed by atoms with Gasteiger partial charge in [-0.3, -0.25) is 9.59 Å². The fourth-order valence-corrected chi connectivity index (χ4v) is 10.2. The minimum absolute atomic E-state index is 0.0503. The minimum Gasteiger partial charge on any atom is -0.478 e. The number of nitrogens with zero attached hydrogens (tertiary/aromatic N) is 2. The number of amides is 2. The number of carboxylic acid groups (broad SMARTS) is 1. The predicted octanol–water partition coefficient (Wildman–Crippen LogP) is 8.83. The van der Waals surface area contributed by atoms with Gasteiger partial charge in [0, 0.05) is 24.5 Å². The fraction of sp³-hybridized carbons (Fsp3) is 0.240. The third kappa shape index (κ3) is 13.2. The van der Waals surface area contributed by atoms with Gasteiger partial charge in [0.25, 0.3) is 11.8 Å². The van der Waals surface area contributed by atoms with Gasteiger partial charge in [0.2, 0.25) is 0 Å². The summed E-state index contributed by atoms with van der Waals surface area (Å²) in [7, 11) is -6.88. The van der Waals surface area contributed by atoms with Gasteiger partial charge in [-0.2, -0.15) is 0 Å². The van der Waals surface area contributed by atoms with E-state index in [4.69, 9.17) is 9.84 Å². The average Bonchev–Trinajstić information content (AvgIpc) is 4.26. The topological polar surface area (TPSA) is 240 Å². The lowest BCUT2D eigenvalue weighted by atomic mass is 10.1. The second-order valence-corrected chi connectivity index (χ2v) is 22.1. The van der Waals surface area contributed by atoms with Gasteiger partial charge in [-0.05, 0) is 130 Å². The summed E-state index contributed by atoms with van der Waals surface area (Å²) in [4.78, 5) is 57.8. The number of nitrogens with one attached hydrogen (secondary N) is 4. The zero-order chi connectivity index (χ0) is 52.1. The zero-order valence-electron chi connectivity index (χ0n) is 38.5. The highest BCUT2D eigenvalue weighted by molar-refractivity contribution is 7.92. The predicted molar refractivity (Wildman–Crippen MR) is 257 cm³/mol. The molecule has 4 aromatic carbocycles. The van der Waals surface area contributed by atoms with Gasteiger partial charge >= 0.3 is 11.9 Å². The summed E-state index contributed by atoms with van der Waals surface area (Å²) in [6.07, 6.45) is 4.75. The smallest absolute Gasteiger partial charge is 0.340 e. The number of esters is 1. The molecule has 0 aliphatic heterocycles. The van der Waals surface area contributed by atoms with E-state index in [0.29, 0.717) is 48.9 Å². The number of ether oxygens (including phenoxy) is 1. The Morgan fingerprint density at radius 1 is 0.583 bits per heavy atom. The number of rotatable bonds is 16. The molecule has 16 nitrogen and oxygen atoms in total. The molecule has 2 aromatic heterocycles. The van der Waals surface area contributed by atoms with Gasteiger partial charge in [0.05, 0.1) is 42.8 Å². The first-order valence-electron chi connectivity index (χ1n) is 22.1. The standard InChI is InChI=1S/C27H27F2N3O5S.C23H19F2N3O5S/c1-27(2,3)37-26(34)17-6-13-23(30-15-17)32-25(33)24(31-22-12-7-18(28)14-21(22)29)16-4-8-19(9-5-16)38(35,36)20-10-11-20;24-15-4-9-19(18(25)11-15)27-21(22(29)28-20-10-3-14(12-26-20)23(30)31)13-1-5-16(6-2-13)34(32,33)17-7-8-17/h4-9,12-15,20,24,31H,10-11H2,1-3H3,(H,30,32,33);1-6,9-12,17,21,27H,7-8H2,(H,30,31)(H,26,28,29). The molecule has 0 radical (unpaired) electrons. The molecule has 2 fully saturated rings. The van der Waals surface area contributed by atoms with Gasteiger partial charge in [-0.15, -0.1) is 0 Å². The van der Waals surface area contributed by atoms with E-state index in [1.165, 1.54) is 79.0 Å². The number of sulfone groups is 2. The number of hydrogen-bond acceptors (Lipinski definition) is 13. The van der Waals surface area contributed by atoms with Crippen LogP contribution in [0.3, 0.4) is 0 Å². The first kappa shape index (κ1) is 52.1. The maximum atomic E-state index is 14.4. The number of carboxylic acids is 1. The quantitative estimate of drug-likeness (QED) is 0.0450. The monoisotopic (exact) mass is 1030 g/mol. The second kappa shape index (κ2) is 21.3. The van der Waals surface area contributed by atoms with Crippen LogP contribution in [-0.4, -0.2) is 71.8 Å². The van der Waals surface area contributed by atoms with Crippen molar-refractivity contribution in [2.24, 2.45) is 0 Å². The minimum atomic E-state index is -3.44. The van der Waals surface area contributed by atoms with E-state index in [0.717, 1.165) is 30.5 Å². The summed E-state index contributed by atoms with van der Waals surface area (Å²) in [6.45, 7) is 5.20. The third-order valence-electron chi connectivity index (χ3n) is 10.9. The lowest BCUT2D eigenvalue weighted by Gasteiger charge is -2.21. The first-order valence-corrected chi connectivity index (χ1v) is 25.2.